The number of aliphatic hydroxyl groups excluding tert-OH is 5. The molecular weight excluding hydrogens is 851 g/mol. The molecule has 1 amide bonds. The van der Waals surface area contributed by atoms with Crippen molar-refractivity contribution in [2.24, 2.45) is 0 Å². The summed E-state index contributed by atoms with van der Waals surface area (Å²) in [6.45, 7) is 3.87. The van der Waals surface area contributed by atoms with Crippen molar-refractivity contribution in [1.82, 2.24) is 5.32 Å². The fraction of sp³-hybridized carbons (Fsp3) is 0.949. The van der Waals surface area contributed by atoms with E-state index in [4.69, 9.17) is 9.47 Å². The van der Waals surface area contributed by atoms with Crippen LogP contribution in [-0.2, 0) is 14.3 Å². The minimum Gasteiger partial charge on any atom is -0.394 e. The first-order chi connectivity index (χ1) is 33.3. The lowest BCUT2D eigenvalue weighted by molar-refractivity contribution is -0.302. The second kappa shape index (κ2) is 49.5. The van der Waals surface area contributed by atoms with Gasteiger partial charge in [0.15, 0.2) is 6.29 Å². The van der Waals surface area contributed by atoms with Crippen LogP contribution in [0, 0.1) is 0 Å². The van der Waals surface area contributed by atoms with Crippen LogP contribution < -0.4 is 5.32 Å². The zero-order valence-corrected chi connectivity index (χ0v) is 44.9. The molecule has 1 fully saturated rings. The van der Waals surface area contributed by atoms with Gasteiger partial charge in [0.25, 0.3) is 0 Å². The van der Waals surface area contributed by atoms with E-state index >= 15 is 0 Å². The number of unbranched alkanes of at least 4 members (excludes halogenated alkanes) is 40. The quantitative estimate of drug-likeness (QED) is 0.0261. The number of hydrogen-bond donors (Lipinski definition) is 6. The number of allylic oxidation sites excluding steroid dienone is 2. The van der Waals surface area contributed by atoms with Crippen LogP contribution in [0.15, 0.2) is 12.2 Å². The molecule has 0 aromatic carbocycles. The topological polar surface area (TPSA) is 149 Å². The molecule has 1 heterocycles. The number of ether oxygens (including phenoxy) is 2. The molecule has 0 spiro atoms. The fourth-order valence-electron chi connectivity index (χ4n) is 9.87. The molecule has 0 bridgehead atoms. The predicted octanol–water partition coefficient (Wildman–Crippen LogP) is 14.8. The molecule has 9 nitrogen and oxygen atoms in total. The summed E-state index contributed by atoms with van der Waals surface area (Å²) in [7, 11) is 0. The van der Waals surface area contributed by atoms with Gasteiger partial charge in [-0.25, -0.2) is 0 Å². The first-order valence-corrected chi connectivity index (χ1v) is 29.9. The number of carbonyl (C=O) groups is 1. The summed E-state index contributed by atoms with van der Waals surface area (Å²) in [5.74, 6) is -0.138. The first-order valence-electron chi connectivity index (χ1n) is 29.9. The van der Waals surface area contributed by atoms with Crippen molar-refractivity contribution in [2.75, 3.05) is 13.2 Å². The van der Waals surface area contributed by atoms with Crippen LogP contribution >= 0.6 is 0 Å². The third-order valence-corrected chi connectivity index (χ3v) is 14.6. The van der Waals surface area contributed by atoms with Gasteiger partial charge in [-0.1, -0.05) is 270 Å². The lowest BCUT2D eigenvalue weighted by atomic mass is 9.99. The van der Waals surface area contributed by atoms with Crippen molar-refractivity contribution in [3.8, 4) is 0 Å². The van der Waals surface area contributed by atoms with Crippen molar-refractivity contribution in [1.29, 1.82) is 0 Å². The third kappa shape index (κ3) is 38.6. The van der Waals surface area contributed by atoms with Crippen LogP contribution in [0.3, 0.4) is 0 Å². The zero-order chi connectivity index (χ0) is 49.4. The van der Waals surface area contributed by atoms with Gasteiger partial charge < -0.3 is 40.3 Å². The average Bonchev–Trinajstić information content (AvgIpc) is 3.34. The van der Waals surface area contributed by atoms with E-state index in [1.165, 1.54) is 238 Å². The highest BCUT2D eigenvalue weighted by Crippen LogP contribution is 2.23. The summed E-state index contributed by atoms with van der Waals surface area (Å²) in [6.07, 6.45) is 53.9. The normalized spacial score (nSPS) is 19.5. The van der Waals surface area contributed by atoms with Gasteiger partial charge in [0.05, 0.1) is 25.4 Å². The average molecular weight is 967 g/mol. The summed E-state index contributed by atoms with van der Waals surface area (Å²) in [5, 5.41) is 54.7. The number of rotatable bonds is 52. The molecule has 7 unspecified atom stereocenters. The van der Waals surface area contributed by atoms with Crippen LogP contribution in [0.2, 0.25) is 0 Å². The molecule has 0 aromatic heterocycles. The van der Waals surface area contributed by atoms with Gasteiger partial charge in [-0.3, -0.25) is 4.79 Å². The van der Waals surface area contributed by atoms with Crippen LogP contribution in [0.4, 0.5) is 0 Å². The Labute approximate surface area is 420 Å². The number of hydrogen-bond acceptors (Lipinski definition) is 8. The Morgan fingerprint density at radius 3 is 1.19 bits per heavy atom. The molecule has 0 aliphatic carbocycles. The number of aliphatic hydroxyl groups is 5. The first kappa shape index (κ1) is 64.9. The van der Waals surface area contributed by atoms with E-state index < -0.39 is 49.5 Å². The van der Waals surface area contributed by atoms with Crippen molar-refractivity contribution < 1.29 is 39.8 Å². The second-order valence-electron chi connectivity index (χ2n) is 21.1. The molecule has 0 radical (unpaired) electrons. The van der Waals surface area contributed by atoms with E-state index in [-0.39, 0.29) is 12.5 Å². The van der Waals surface area contributed by atoms with Gasteiger partial charge in [-0.15, -0.1) is 0 Å². The van der Waals surface area contributed by atoms with E-state index in [2.05, 4.69) is 31.3 Å². The molecule has 6 N–H and O–H groups in total. The lowest BCUT2D eigenvalue weighted by Gasteiger charge is -2.40. The Balaban J connectivity index is 2.13. The predicted molar refractivity (Wildman–Crippen MR) is 286 cm³/mol. The van der Waals surface area contributed by atoms with Gasteiger partial charge in [0.1, 0.15) is 24.4 Å². The Morgan fingerprint density at radius 1 is 0.485 bits per heavy atom. The maximum absolute atomic E-state index is 13.1. The van der Waals surface area contributed by atoms with E-state index in [9.17, 15) is 30.3 Å². The minimum absolute atomic E-state index is 0.133. The van der Waals surface area contributed by atoms with Crippen LogP contribution in [-0.4, -0.2) is 87.5 Å². The molecule has 0 saturated carbocycles. The van der Waals surface area contributed by atoms with Crippen LogP contribution in [0.5, 0.6) is 0 Å². The van der Waals surface area contributed by atoms with E-state index in [1.807, 2.05) is 0 Å². The molecule has 68 heavy (non-hydrogen) atoms. The van der Waals surface area contributed by atoms with Gasteiger partial charge in [0, 0.05) is 6.42 Å². The molecule has 9 heteroatoms. The van der Waals surface area contributed by atoms with Crippen LogP contribution in [0.1, 0.15) is 303 Å². The highest BCUT2D eigenvalue weighted by molar-refractivity contribution is 5.76. The van der Waals surface area contributed by atoms with Gasteiger partial charge in [-0.2, -0.15) is 0 Å². The standard InChI is InChI=1S/C59H115NO8/c1-3-5-7-9-11-13-15-17-19-21-22-23-24-25-26-27-28-29-30-31-32-33-35-37-39-41-43-45-47-49-55(63)60-52(51-67-59-58(66)57(65)56(64)54(50-61)68-59)53(62)48-46-44-42-40-38-36-34-20-18-16-14-12-10-8-6-4-2/h21-22,52-54,56-59,61-62,64-66H,3-20,23-51H2,1-2H3,(H,60,63)/b22-21-. The Bertz CT molecular complexity index is 1080. The smallest absolute Gasteiger partial charge is 0.220 e. The molecule has 404 valence electrons. The highest BCUT2D eigenvalue weighted by atomic mass is 16.7. The largest absolute Gasteiger partial charge is 0.394 e. The molecule has 7 atom stereocenters. The zero-order valence-electron chi connectivity index (χ0n) is 44.9. The van der Waals surface area contributed by atoms with E-state index in [0.717, 1.165) is 38.5 Å². The Hall–Kier alpha value is -1.07. The second-order valence-corrected chi connectivity index (χ2v) is 21.1. The maximum atomic E-state index is 13.1. The number of carbonyl (C=O) groups excluding carboxylic acids is 1. The third-order valence-electron chi connectivity index (χ3n) is 14.6. The summed E-state index contributed by atoms with van der Waals surface area (Å²) in [4.78, 5) is 13.1. The molecular formula is C59H115NO8. The summed E-state index contributed by atoms with van der Waals surface area (Å²) in [6, 6.07) is -0.715. The number of amides is 1. The Kier molecular flexibility index (Phi) is 47.3. The molecule has 1 aliphatic rings. The lowest BCUT2D eigenvalue weighted by Crippen LogP contribution is -2.60. The molecule has 0 aromatic rings. The fourth-order valence-corrected chi connectivity index (χ4v) is 9.87. The van der Waals surface area contributed by atoms with E-state index in [0.29, 0.717) is 12.8 Å². The van der Waals surface area contributed by atoms with Crippen molar-refractivity contribution in [3.63, 3.8) is 0 Å². The minimum atomic E-state index is -1.55. The monoisotopic (exact) mass is 966 g/mol. The SMILES string of the molecule is CCCCCCCCCC/C=C\CCCCCCCCCCCCCCCCCCCC(=O)NC(COC1OC(CO)C(O)C(O)C1O)C(O)CCCCCCCCCCCCCCCCCC. The summed E-state index contributed by atoms with van der Waals surface area (Å²) < 4.78 is 11.3. The van der Waals surface area contributed by atoms with Gasteiger partial charge in [-0.05, 0) is 38.5 Å². The molecule has 1 aliphatic heterocycles. The van der Waals surface area contributed by atoms with E-state index in [1.54, 1.807) is 0 Å². The summed E-state index contributed by atoms with van der Waals surface area (Å²) >= 11 is 0. The van der Waals surface area contributed by atoms with Gasteiger partial charge >= 0.3 is 0 Å². The molecule has 1 saturated heterocycles. The molecule has 1 rings (SSSR count). The van der Waals surface area contributed by atoms with Crippen molar-refractivity contribution in [2.45, 2.75) is 346 Å². The van der Waals surface area contributed by atoms with Crippen molar-refractivity contribution >= 4 is 5.91 Å². The highest BCUT2D eigenvalue weighted by Gasteiger charge is 2.44. The van der Waals surface area contributed by atoms with Crippen LogP contribution in [0.25, 0.3) is 0 Å². The van der Waals surface area contributed by atoms with Crippen molar-refractivity contribution in [3.05, 3.63) is 12.2 Å². The van der Waals surface area contributed by atoms with Gasteiger partial charge in [0.2, 0.25) is 5.91 Å². The maximum Gasteiger partial charge on any atom is 0.220 e. The summed E-state index contributed by atoms with van der Waals surface area (Å²) in [5.41, 5.74) is 0. The Morgan fingerprint density at radius 2 is 0.824 bits per heavy atom. The number of nitrogens with one attached hydrogen (secondary N) is 1.